The van der Waals surface area contributed by atoms with E-state index in [1.54, 1.807) is 18.2 Å². The molecule has 1 aliphatic heterocycles. The lowest BCUT2D eigenvalue weighted by atomic mass is 9.80. The molecular weight excluding hydrogens is 474 g/mol. The van der Waals surface area contributed by atoms with Crippen LogP contribution in [0.5, 0.6) is 5.75 Å². The fourth-order valence-electron chi connectivity index (χ4n) is 4.66. The van der Waals surface area contributed by atoms with Crippen molar-refractivity contribution in [3.8, 4) is 5.75 Å². The van der Waals surface area contributed by atoms with E-state index in [-0.39, 0.29) is 34.5 Å². The zero-order valence-corrected chi connectivity index (χ0v) is 21.1. The number of benzene rings is 2. The molecule has 2 aromatic carbocycles. The average Bonchev–Trinajstić information content (AvgIpc) is 3.62. The first kappa shape index (κ1) is 25.6. The van der Waals surface area contributed by atoms with Gasteiger partial charge in [-0.25, -0.2) is 21.9 Å². The second-order valence-electron chi connectivity index (χ2n) is 10.2. The zero-order valence-electron chi connectivity index (χ0n) is 20.3. The maximum absolute atomic E-state index is 14.9. The van der Waals surface area contributed by atoms with Crippen LogP contribution in [0.1, 0.15) is 73.0 Å². The van der Waals surface area contributed by atoms with Gasteiger partial charge in [0.1, 0.15) is 5.82 Å². The fourth-order valence-corrected chi connectivity index (χ4v) is 5.10. The summed E-state index contributed by atoms with van der Waals surface area (Å²) in [5.74, 6) is -1.57. The molecule has 2 fully saturated rings. The van der Waals surface area contributed by atoms with Crippen LogP contribution >= 0.6 is 0 Å². The molecule has 6 nitrogen and oxygen atoms in total. The van der Waals surface area contributed by atoms with Crippen LogP contribution in [-0.2, 0) is 10.0 Å². The van der Waals surface area contributed by atoms with Crippen molar-refractivity contribution in [1.82, 2.24) is 9.62 Å². The van der Waals surface area contributed by atoms with Gasteiger partial charge < -0.3 is 4.74 Å². The highest BCUT2D eigenvalue weighted by atomic mass is 32.2. The first-order valence-electron chi connectivity index (χ1n) is 11.9. The van der Waals surface area contributed by atoms with Crippen molar-refractivity contribution in [3.05, 3.63) is 64.7 Å². The fraction of sp³-hybridized carbons (Fsp3) is 0.500. The topological polar surface area (TPSA) is 75.7 Å². The number of amides is 1. The normalized spacial score (nSPS) is 19.2. The third kappa shape index (κ3) is 6.38. The highest BCUT2D eigenvalue weighted by molar-refractivity contribution is 7.89. The van der Waals surface area contributed by atoms with Gasteiger partial charge in [-0.15, -0.1) is 0 Å². The van der Waals surface area contributed by atoms with Crippen molar-refractivity contribution < 1.29 is 26.7 Å². The lowest BCUT2D eigenvalue weighted by molar-refractivity contribution is 0.0501. The number of hydrogen-bond donors (Lipinski definition) is 1. The van der Waals surface area contributed by atoms with E-state index in [0.717, 1.165) is 56.7 Å². The average molecular weight is 507 g/mol. The lowest BCUT2D eigenvalue weighted by Gasteiger charge is -2.41. The van der Waals surface area contributed by atoms with Gasteiger partial charge in [-0.1, -0.05) is 19.1 Å². The molecule has 1 amide bonds. The summed E-state index contributed by atoms with van der Waals surface area (Å²) in [5.41, 5.74) is 1.44. The predicted molar refractivity (Wildman–Crippen MR) is 130 cm³/mol. The quantitative estimate of drug-likeness (QED) is 0.558. The molecule has 9 heteroatoms. The number of carbonyl (C=O) groups is 1. The first-order chi connectivity index (χ1) is 16.4. The summed E-state index contributed by atoms with van der Waals surface area (Å²) in [6.45, 7) is 6.15. The number of piperidine rings is 1. The Kier molecular flexibility index (Phi) is 7.20. The molecule has 0 unspecified atom stereocenters. The predicted octanol–water partition coefficient (Wildman–Crippen LogP) is 4.77. The number of carbonyl (C=O) groups excluding carboxylic acids is 1. The van der Waals surface area contributed by atoms with Crippen LogP contribution in [0, 0.1) is 17.0 Å². The van der Waals surface area contributed by atoms with E-state index in [2.05, 4.69) is 18.7 Å². The van der Waals surface area contributed by atoms with Crippen LogP contribution < -0.4 is 9.46 Å². The van der Waals surface area contributed by atoms with E-state index in [9.17, 15) is 22.0 Å². The second kappa shape index (κ2) is 9.85. The molecule has 35 heavy (non-hydrogen) atoms. The zero-order chi connectivity index (χ0) is 25.4. The largest absolute Gasteiger partial charge is 0.490 e. The molecule has 1 saturated heterocycles. The van der Waals surface area contributed by atoms with E-state index in [1.807, 2.05) is 10.8 Å². The van der Waals surface area contributed by atoms with E-state index < -0.39 is 21.7 Å². The van der Waals surface area contributed by atoms with Crippen LogP contribution in [-0.4, -0.2) is 45.2 Å². The minimum absolute atomic E-state index is 0.0358. The molecule has 0 aromatic heterocycles. The summed E-state index contributed by atoms with van der Waals surface area (Å²) >= 11 is 0. The van der Waals surface area contributed by atoms with Gasteiger partial charge in [0, 0.05) is 17.0 Å². The molecular formula is C26H32F2N2O4S. The summed E-state index contributed by atoms with van der Waals surface area (Å²) in [6.07, 6.45) is 4.31. The molecule has 1 N–H and O–H groups in total. The minimum Gasteiger partial charge on any atom is -0.490 e. The van der Waals surface area contributed by atoms with Crippen molar-refractivity contribution in [2.24, 2.45) is 5.41 Å². The Bertz CT molecular complexity index is 1210. The van der Waals surface area contributed by atoms with Crippen LogP contribution in [0.25, 0.3) is 0 Å². The van der Waals surface area contributed by atoms with Crippen molar-refractivity contribution in [1.29, 1.82) is 0 Å². The van der Waals surface area contributed by atoms with E-state index in [4.69, 9.17) is 4.74 Å². The van der Waals surface area contributed by atoms with Gasteiger partial charge in [0.25, 0.3) is 5.91 Å². The summed E-state index contributed by atoms with van der Waals surface area (Å²) in [6, 6.07) is 9.40. The Morgan fingerprint density at radius 3 is 2.49 bits per heavy atom. The molecule has 0 spiro atoms. The third-order valence-corrected chi connectivity index (χ3v) is 7.66. The molecule has 4 rings (SSSR count). The van der Waals surface area contributed by atoms with E-state index >= 15 is 0 Å². The Morgan fingerprint density at radius 2 is 1.89 bits per heavy atom. The van der Waals surface area contributed by atoms with Crippen molar-refractivity contribution in [2.45, 2.75) is 51.5 Å². The molecule has 1 saturated carbocycles. The molecule has 1 heterocycles. The summed E-state index contributed by atoms with van der Waals surface area (Å²) < 4.78 is 59.3. The summed E-state index contributed by atoms with van der Waals surface area (Å²) in [7, 11) is -3.76. The van der Waals surface area contributed by atoms with E-state index in [0.29, 0.717) is 12.2 Å². The van der Waals surface area contributed by atoms with Gasteiger partial charge in [0.2, 0.25) is 10.0 Å². The monoisotopic (exact) mass is 506 g/mol. The third-order valence-electron chi connectivity index (χ3n) is 7.10. The van der Waals surface area contributed by atoms with Crippen LogP contribution in [0.2, 0.25) is 0 Å². The smallest absolute Gasteiger partial charge is 0.265 e. The highest BCUT2D eigenvalue weighted by Crippen LogP contribution is 2.44. The number of ether oxygens (including phenoxy) is 1. The second-order valence-corrected chi connectivity index (χ2v) is 12.0. The standard InChI is InChI=1S/C26H32F2N2O4S/c1-17(19-5-4-6-20(27)13-19)30-11-9-26(2,10-12-30)16-34-24-15-21(18-7-8-18)22(14-23(24)28)25(31)29-35(3,32)33/h4-6,13-15,17-18H,7-12,16H2,1-3H3,(H,29,31)/t17-/m0/s1. The van der Waals surface area contributed by atoms with E-state index in [1.165, 1.54) is 6.07 Å². The number of sulfonamides is 1. The number of nitrogens with zero attached hydrogens (tertiary/aromatic N) is 1. The Morgan fingerprint density at radius 1 is 1.20 bits per heavy atom. The lowest BCUT2D eigenvalue weighted by Crippen LogP contribution is -2.42. The summed E-state index contributed by atoms with van der Waals surface area (Å²) in [5, 5.41) is 0. The molecule has 1 aliphatic carbocycles. The number of halogens is 2. The maximum Gasteiger partial charge on any atom is 0.265 e. The molecule has 0 radical (unpaired) electrons. The van der Waals surface area contributed by atoms with Crippen LogP contribution in [0.3, 0.4) is 0 Å². The molecule has 190 valence electrons. The van der Waals surface area contributed by atoms with Gasteiger partial charge in [-0.05, 0) is 87.0 Å². The van der Waals surface area contributed by atoms with Crippen molar-refractivity contribution in [3.63, 3.8) is 0 Å². The molecule has 2 aliphatic rings. The molecule has 2 aromatic rings. The van der Waals surface area contributed by atoms with Gasteiger partial charge in [0.15, 0.2) is 11.6 Å². The van der Waals surface area contributed by atoms with Crippen LogP contribution in [0.15, 0.2) is 36.4 Å². The Hall–Kier alpha value is -2.52. The highest BCUT2D eigenvalue weighted by Gasteiger charge is 2.34. The Labute approximate surface area is 205 Å². The van der Waals surface area contributed by atoms with Gasteiger partial charge >= 0.3 is 0 Å². The van der Waals surface area contributed by atoms with Crippen molar-refractivity contribution >= 4 is 15.9 Å². The van der Waals surface area contributed by atoms with Gasteiger partial charge in [0.05, 0.1) is 12.9 Å². The molecule has 0 bridgehead atoms. The number of likely N-dealkylation sites (tertiary alicyclic amines) is 1. The molecule has 1 atom stereocenters. The van der Waals surface area contributed by atoms with Crippen LogP contribution in [0.4, 0.5) is 8.78 Å². The number of rotatable bonds is 8. The number of nitrogens with one attached hydrogen (secondary N) is 1. The Balaban J connectivity index is 1.41. The minimum atomic E-state index is -3.76. The summed E-state index contributed by atoms with van der Waals surface area (Å²) in [4.78, 5) is 14.7. The maximum atomic E-state index is 14.9. The first-order valence-corrected chi connectivity index (χ1v) is 13.8. The number of hydrogen-bond acceptors (Lipinski definition) is 5. The SMILES string of the molecule is C[C@@H](c1cccc(F)c1)N1CCC(C)(COc2cc(C3CC3)c(C(=O)NS(C)(=O)=O)cc2F)CC1. The van der Waals surface area contributed by atoms with Crippen molar-refractivity contribution in [2.75, 3.05) is 26.0 Å². The van der Waals surface area contributed by atoms with Gasteiger partial charge in [-0.2, -0.15) is 0 Å². The van der Waals surface area contributed by atoms with Gasteiger partial charge in [-0.3, -0.25) is 9.69 Å².